The van der Waals surface area contributed by atoms with Crippen LogP contribution in [0.1, 0.15) is 32.6 Å². The van der Waals surface area contributed by atoms with Gasteiger partial charge in [-0.2, -0.15) is 11.8 Å². The molecule has 1 unspecified atom stereocenters. The number of nitrogens with zero attached hydrogens (tertiary/aromatic N) is 1. The molecule has 1 aliphatic carbocycles. The number of thioether (sulfide) groups is 1. The van der Waals surface area contributed by atoms with Gasteiger partial charge in [0.25, 0.3) is 0 Å². The van der Waals surface area contributed by atoms with Gasteiger partial charge in [0.05, 0.1) is 0 Å². The van der Waals surface area contributed by atoms with Gasteiger partial charge in [0.15, 0.2) is 5.11 Å². The highest BCUT2D eigenvalue weighted by Crippen LogP contribution is 2.20. The summed E-state index contributed by atoms with van der Waals surface area (Å²) in [5, 5.41) is 5.24. The van der Waals surface area contributed by atoms with Crippen LogP contribution in [0.25, 0.3) is 0 Å². The first-order valence-corrected chi connectivity index (χ1v) is 7.38. The molecule has 4 heteroatoms. The number of hydrogen-bond donors (Lipinski definition) is 1. The van der Waals surface area contributed by atoms with Crippen molar-refractivity contribution in [2.45, 2.75) is 43.9 Å². The van der Waals surface area contributed by atoms with Crippen molar-refractivity contribution in [2.24, 2.45) is 0 Å². The van der Waals surface area contributed by atoms with Crippen LogP contribution < -0.4 is 5.32 Å². The predicted octanol–water partition coefficient (Wildman–Crippen LogP) is 2.24. The Hall–Kier alpha value is 0.0400. The third-order valence-electron chi connectivity index (χ3n) is 3.21. The highest BCUT2D eigenvalue weighted by Gasteiger charge is 2.22. The topological polar surface area (TPSA) is 15.3 Å². The van der Waals surface area contributed by atoms with E-state index in [-0.39, 0.29) is 0 Å². The van der Waals surface area contributed by atoms with E-state index in [4.69, 9.17) is 12.2 Å². The van der Waals surface area contributed by atoms with Gasteiger partial charge in [-0.3, -0.25) is 0 Å². The summed E-state index contributed by atoms with van der Waals surface area (Å²) in [6.45, 7) is 4.52. The van der Waals surface area contributed by atoms with Gasteiger partial charge in [-0.15, -0.1) is 0 Å². The Bertz CT molecular complexity index is 227. The summed E-state index contributed by atoms with van der Waals surface area (Å²) in [5.74, 6) is 1.22. The lowest BCUT2D eigenvalue weighted by molar-refractivity contribution is 0.418. The van der Waals surface area contributed by atoms with E-state index in [0.29, 0.717) is 6.04 Å². The van der Waals surface area contributed by atoms with Crippen LogP contribution in [0.15, 0.2) is 0 Å². The van der Waals surface area contributed by atoms with Gasteiger partial charge in [0.2, 0.25) is 0 Å². The quantitative estimate of drug-likeness (QED) is 0.711. The van der Waals surface area contributed by atoms with Crippen molar-refractivity contribution >= 4 is 29.1 Å². The Morgan fingerprint density at radius 3 is 2.80 bits per heavy atom. The van der Waals surface area contributed by atoms with E-state index in [1.807, 2.05) is 0 Å². The molecule has 86 valence electrons. The lowest BCUT2D eigenvalue weighted by Crippen LogP contribution is -2.48. The zero-order chi connectivity index (χ0) is 10.7. The Labute approximate surface area is 102 Å². The second-order valence-corrected chi connectivity index (χ2v) is 6.49. The second kappa shape index (κ2) is 5.39. The highest BCUT2D eigenvalue weighted by molar-refractivity contribution is 8.00. The molecule has 0 radical (unpaired) electrons. The van der Waals surface area contributed by atoms with E-state index < -0.39 is 0 Å². The first kappa shape index (κ1) is 11.5. The standard InChI is InChI=1S/C11H20N2S2/c1-9-8-13(6-7-15-9)11(14)12-10-4-2-3-5-10/h9-10H,2-8H2,1H3,(H,12,14). The summed E-state index contributed by atoms with van der Waals surface area (Å²) < 4.78 is 0. The average Bonchev–Trinajstić information content (AvgIpc) is 2.70. The smallest absolute Gasteiger partial charge is 0.169 e. The normalized spacial score (nSPS) is 28.1. The van der Waals surface area contributed by atoms with Crippen LogP contribution in [0.2, 0.25) is 0 Å². The lowest BCUT2D eigenvalue weighted by Gasteiger charge is -2.33. The van der Waals surface area contributed by atoms with Gasteiger partial charge in [0, 0.05) is 30.1 Å². The fourth-order valence-electron chi connectivity index (χ4n) is 2.34. The molecule has 1 N–H and O–H groups in total. The molecule has 1 saturated carbocycles. The molecule has 15 heavy (non-hydrogen) atoms. The van der Waals surface area contributed by atoms with Crippen LogP contribution >= 0.6 is 24.0 Å². The van der Waals surface area contributed by atoms with Crippen molar-refractivity contribution in [2.75, 3.05) is 18.8 Å². The molecule has 0 aromatic carbocycles. The summed E-state index contributed by atoms with van der Waals surface area (Å²) in [7, 11) is 0. The highest BCUT2D eigenvalue weighted by atomic mass is 32.2. The minimum atomic E-state index is 0.655. The van der Waals surface area contributed by atoms with Crippen molar-refractivity contribution < 1.29 is 0 Å². The third kappa shape index (κ3) is 3.25. The van der Waals surface area contributed by atoms with Gasteiger partial charge >= 0.3 is 0 Å². The number of thiocarbonyl (C=S) groups is 1. The molecule has 0 amide bonds. The van der Waals surface area contributed by atoms with Gasteiger partial charge in [-0.25, -0.2) is 0 Å². The van der Waals surface area contributed by atoms with Crippen molar-refractivity contribution in [1.29, 1.82) is 0 Å². The zero-order valence-electron chi connectivity index (χ0n) is 9.37. The van der Waals surface area contributed by atoms with Crippen LogP contribution in [0.4, 0.5) is 0 Å². The molecule has 0 aromatic rings. The summed E-state index contributed by atoms with van der Waals surface area (Å²) in [6, 6.07) is 0.655. The molecule has 0 aromatic heterocycles. The van der Waals surface area contributed by atoms with Gasteiger partial charge in [-0.1, -0.05) is 19.8 Å². The van der Waals surface area contributed by atoms with E-state index in [1.165, 1.54) is 31.4 Å². The van der Waals surface area contributed by atoms with Gasteiger partial charge < -0.3 is 10.2 Å². The molecule has 0 bridgehead atoms. The molecular weight excluding hydrogens is 224 g/mol. The summed E-state index contributed by atoms with van der Waals surface area (Å²) >= 11 is 7.52. The monoisotopic (exact) mass is 244 g/mol. The molecule has 1 atom stereocenters. The molecule has 0 spiro atoms. The fourth-order valence-corrected chi connectivity index (χ4v) is 3.68. The number of hydrogen-bond acceptors (Lipinski definition) is 2. The van der Waals surface area contributed by atoms with Crippen LogP contribution in [0.5, 0.6) is 0 Å². The van der Waals surface area contributed by atoms with Crippen molar-refractivity contribution in [3.8, 4) is 0 Å². The average molecular weight is 244 g/mol. The largest absolute Gasteiger partial charge is 0.360 e. The van der Waals surface area contributed by atoms with E-state index in [0.717, 1.165) is 23.5 Å². The predicted molar refractivity (Wildman–Crippen MR) is 71.5 cm³/mol. The van der Waals surface area contributed by atoms with Gasteiger partial charge in [-0.05, 0) is 25.1 Å². The fraction of sp³-hybridized carbons (Fsp3) is 0.909. The van der Waals surface area contributed by atoms with E-state index >= 15 is 0 Å². The SMILES string of the molecule is CC1CN(C(=S)NC2CCCC2)CCS1. The summed E-state index contributed by atoms with van der Waals surface area (Å²) in [4.78, 5) is 2.34. The van der Waals surface area contributed by atoms with Crippen molar-refractivity contribution in [3.63, 3.8) is 0 Å². The van der Waals surface area contributed by atoms with Crippen molar-refractivity contribution in [3.05, 3.63) is 0 Å². The molecular formula is C11H20N2S2. The zero-order valence-corrected chi connectivity index (χ0v) is 11.0. The van der Waals surface area contributed by atoms with Crippen molar-refractivity contribution in [1.82, 2.24) is 10.2 Å². The first-order chi connectivity index (χ1) is 7.25. The Morgan fingerprint density at radius 2 is 2.13 bits per heavy atom. The third-order valence-corrected chi connectivity index (χ3v) is 4.72. The van der Waals surface area contributed by atoms with Crippen LogP contribution in [0.3, 0.4) is 0 Å². The summed E-state index contributed by atoms with van der Waals surface area (Å²) in [6.07, 6.45) is 5.34. The van der Waals surface area contributed by atoms with Crippen LogP contribution in [-0.4, -0.2) is 40.1 Å². The van der Waals surface area contributed by atoms with Crippen LogP contribution in [-0.2, 0) is 0 Å². The maximum absolute atomic E-state index is 5.47. The van der Waals surface area contributed by atoms with Gasteiger partial charge in [0.1, 0.15) is 0 Å². The summed E-state index contributed by atoms with van der Waals surface area (Å²) in [5.41, 5.74) is 0. The lowest BCUT2D eigenvalue weighted by atomic mass is 10.2. The molecule has 2 rings (SSSR count). The molecule has 1 saturated heterocycles. The maximum atomic E-state index is 5.47. The minimum absolute atomic E-state index is 0.655. The number of nitrogens with one attached hydrogen (secondary N) is 1. The van der Waals surface area contributed by atoms with E-state index in [1.54, 1.807) is 0 Å². The van der Waals surface area contributed by atoms with E-state index in [2.05, 4.69) is 28.9 Å². The van der Waals surface area contributed by atoms with E-state index in [9.17, 15) is 0 Å². The van der Waals surface area contributed by atoms with Crippen LogP contribution in [0, 0.1) is 0 Å². The Kier molecular flexibility index (Phi) is 4.14. The minimum Gasteiger partial charge on any atom is -0.360 e. The number of rotatable bonds is 1. The Balaban J connectivity index is 1.78. The molecule has 2 aliphatic rings. The molecule has 1 aliphatic heterocycles. The maximum Gasteiger partial charge on any atom is 0.169 e. The molecule has 1 heterocycles. The molecule has 2 fully saturated rings. The second-order valence-electron chi connectivity index (χ2n) is 4.56. The first-order valence-electron chi connectivity index (χ1n) is 5.93. The Morgan fingerprint density at radius 1 is 1.40 bits per heavy atom. The molecule has 2 nitrogen and oxygen atoms in total.